The fraction of sp³-hybridized carbons (Fsp3) is 0.286. The van der Waals surface area contributed by atoms with Crippen molar-refractivity contribution in [3.8, 4) is 11.5 Å². The number of nitrogen functional groups attached to an aromatic ring is 1. The van der Waals surface area contributed by atoms with E-state index in [-0.39, 0.29) is 5.28 Å². The van der Waals surface area contributed by atoms with Gasteiger partial charge in [-0.05, 0) is 37.6 Å². The average Bonchev–Trinajstić information content (AvgIpc) is 2.46. The second kappa shape index (κ2) is 6.99. The third kappa shape index (κ3) is 3.88. The molecule has 7 heteroatoms. The lowest BCUT2D eigenvalue weighted by Gasteiger charge is -2.14. The Hall–Kier alpha value is -2.21. The van der Waals surface area contributed by atoms with Crippen molar-refractivity contribution in [2.45, 2.75) is 13.8 Å². The van der Waals surface area contributed by atoms with Crippen molar-refractivity contribution in [3.63, 3.8) is 0 Å². The highest BCUT2D eigenvalue weighted by molar-refractivity contribution is 6.28. The van der Waals surface area contributed by atoms with E-state index < -0.39 is 0 Å². The molecule has 1 aromatic carbocycles. The molecular weight excluding hydrogens is 292 g/mol. The van der Waals surface area contributed by atoms with Crippen molar-refractivity contribution in [2.75, 3.05) is 24.3 Å². The van der Waals surface area contributed by atoms with E-state index in [1.54, 1.807) is 0 Å². The summed E-state index contributed by atoms with van der Waals surface area (Å²) in [6, 6.07) is 5.50. The van der Waals surface area contributed by atoms with E-state index in [1.165, 1.54) is 6.20 Å². The summed E-state index contributed by atoms with van der Waals surface area (Å²) in [4.78, 5) is 7.89. The number of anilines is 3. The van der Waals surface area contributed by atoms with Gasteiger partial charge in [0.1, 0.15) is 11.5 Å². The Morgan fingerprint density at radius 3 is 2.71 bits per heavy atom. The maximum Gasteiger partial charge on any atom is 0.224 e. The summed E-state index contributed by atoms with van der Waals surface area (Å²) in [5.74, 6) is 1.82. The fourth-order valence-electron chi connectivity index (χ4n) is 1.74. The summed E-state index contributed by atoms with van der Waals surface area (Å²) >= 11 is 5.79. The SMILES string of the molecule is CCOc1ccc(OCC)c(Nc2nc(Cl)ncc2N)c1. The van der Waals surface area contributed by atoms with Gasteiger partial charge >= 0.3 is 0 Å². The van der Waals surface area contributed by atoms with Gasteiger partial charge in [-0.15, -0.1) is 0 Å². The molecule has 1 heterocycles. The molecule has 112 valence electrons. The first kappa shape index (κ1) is 15.2. The Kier molecular flexibility index (Phi) is 5.05. The molecule has 0 radical (unpaired) electrons. The van der Waals surface area contributed by atoms with Crippen LogP contribution in [0, 0.1) is 0 Å². The maximum absolute atomic E-state index is 5.84. The zero-order chi connectivity index (χ0) is 15.2. The molecule has 0 aliphatic heterocycles. The number of nitrogens with two attached hydrogens (primary N) is 1. The van der Waals surface area contributed by atoms with E-state index in [0.29, 0.717) is 36.2 Å². The third-order valence-corrected chi connectivity index (χ3v) is 2.78. The molecule has 0 spiro atoms. The van der Waals surface area contributed by atoms with Crippen LogP contribution >= 0.6 is 11.6 Å². The maximum atomic E-state index is 5.84. The summed E-state index contributed by atoms with van der Waals surface area (Å²) in [6.45, 7) is 4.96. The molecule has 0 saturated heterocycles. The van der Waals surface area contributed by atoms with E-state index in [2.05, 4.69) is 15.3 Å². The van der Waals surface area contributed by atoms with Crippen LogP contribution in [0.2, 0.25) is 5.28 Å². The number of hydrogen-bond acceptors (Lipinski definition) is 6. The smallest absolute Gasteiger partial charge is 0.224 e. The number of rotatable bonds is 6. The van der Waals surface area contributed by atoms with Gasteiger partial charge in [0, 0.05) is 6.07 Å². The van der Waals surface area contributed by atoms with E-state index in [1.807, 2.05) is 32.0 Å². The van der Waals surface area contributed by atoms with Crippen LogP contribution < -0.4 is 20.5 Å². The summed E-state index contributed by atoms with van der Waals surface area (Å²) in [6.07, 6.45) is 1.45. The summed E-state index contributed by atoms with van der Waals surface area (Å²) < 4.78 is 11.1. The molecule has 0 bridgehead atoms. The van der Waals surface area contributed by atoms with Crippen molar-refractivity contribution >= 4 is 28.8 Å². The van der Waals surface area contributed by atoms with Crippen molar-refractivity contribution in [1.29, 1.82) is 0 Å². The minimum Gasteiger partial charge on any atom is -0.494 e. The molecular formula is C14H17ClN4O2. The Morgan fingerprint density at radius 2 is 2.00 bits per heavy atom. The van der Waals surface area contributed by atoms with Gasteiger partial charge in [-0.3, -0.25) is 0 Å². The molecule has 0 amide bonds. The number of nitrogens with one attached hydrogen (secondary N) is 1. The summed E-state index contributed by atoms with van der Waals surface area (Å²) in [5.41, 5.74) is 6.93. The van der Waals surface area contributed by atoms with Crippen LogP contribution in [-0.2, 0) is 0 Å². The Morgan fingerprint density at radius 1 is 1.24 bits per heavy atom. The molecule has 0 aliphatic rings. The van der Waals surface area contributed by atoms with Gasteiger partial charge in [-0.2, -0.15) is 4.98 Å². The topological polar surface area (TPSA) is 82.3 Å². The molecule has 21 heavy (non-hydrogen) atoms. The average molecular weight is 309 g/mol. The number of hydrogen-bond donors (Lipinski definition) is 2. The van der Waals surface area contributed by atoms with Gasteiger partial charge in [0.05, 0.1) is 30.8 Å². The minimum atomic E-state index is 0.116. The number of nitrogens with zero attached hydrogens (tertiary/aromatic N) is 2. The predicted octanol–water partition coefficient (Wildman–Crippen LogP) is 3.25. The van der Waals surface area contributed by atoms with Crippen molar-refractivity contribution in [3.05, 3.63) is 29.7 Å². The highest BCUT2D eigenvalue weighted by Gasteiger charge is 2.10. The van der Waals surface area contributed by atoms with E-state index in [0.717, 1.165) is 5.75 Å². The number of halogens is 1. The Balaban J connectivity index is 2.35. The second-order valence-electron chi connectivity index (χ2n) is 4.09. The molecule has 1 aromatic heterocycles. The van der Waals surface area contributed by atoms with Crippen LogP contribution in [-0.4, -0.2) is 23.2 Å². The largest absolute Gasteiger partial charge is 0.494 e. The van der Waals surface area contributed by atoms with Gasteiger partial charge in [0.25, 0.3) is 0 Å². The summed E-state index contributed by atoms with van der Waals surface area (Å²) in [7, 11) is 0. The van der Waals surface area contributed by atoms with Crippen LogP contribution in [0.4, 0.5) is 17.2 Å². The lowest BCUT2D eigenvalue weighted by molar-refractivity contribution is 0.332. The first-order valence-electron chi connectivity index (χ1n) is 6.58. The summed E-state index contributed by atoms with van der Waals surface area (Å²) in [5, 5.41) is 3.22. The lowest BCUT2D eigenvalue weighted by Crippen LogP contribution is -2.03. The highest BCUT2D eigenvalue weighted by Crippen LogP contribution is 2.33. The molecule has 3 N–H and O–H groups in total. The van der Waals surface area contributed by atoms with Gasteiger partial charge in [0.15, 0.2) is 5.82 Å². The zero-order valence-electron chi connectivity index (χ0n) is 11.9. The van der Waals surface area contributed by atoms with Crippen molar-refractivity contribution < 1.29 is 9.47 Å². The van der Waals surface area contributed by atoms with Gasteiger partial charge < -0.3 is 20.5 Å². The highest BCUT2D eigenvalue weighted by atomic mass is 35.5. The van der Waals surface area contributed by atoms with Gasteiger partial charge in [0.2, 0.25) is 5.28 Å². The molecule has 0 fully saturated rings. The number of benzene rings is 1. The Labute approximate surface area is 128 Å². The molecule has 2 aromatic rings. The fourth-order valence-corrected chi connectivity index (χ4v) is 1.88. The van der Waals surface area contributed by atoms with Crippen molar-refractivity contribution in [1.82, 2.24) is 9.97 Å². The van der Waals surface area contributed by atoms with Gasteiger partial charge in [-0.1, -0.05) is 0 Å². The first-order chi connectivity index (χ1) is 10.1. The molecule has 0 unspecified atom stereocenters. The lowest BCUT2D eigenvalue weighted by atomic mass is 10.2. The van der Waals surface area contributed by atoms with E-state index in [9.17, 15) is 0 Å². The monoisotopic (exact) mass is 308 g/mol. The molecule has 2 rings (SSSR count). The van der Waals surface area contributed by atoms with Gasteiger partial charge in [-0.25, -0.2) is 4.98 Å². The number of aromatic nitrogens is 2. The third-order valence-electron chi connectivity index (χ3n) is 2.60. The van der Waals surface area contributed by atoms with Crippen LogP contribution in [0.15, 0.2) is 24.4 Å². The van der Waals surface area contributed by atoms with E-state index >= 15 is 0 Å². The number of ether oxygens (including phenoxy) is 2. The van der Waals surface area contributed by atoms with Crippen LogP contribution in [0.5, 0.6) is 11.5 Å². The van der Waals surface area contributed by atoms with Crippen LogP contribution in [0.1, 0.15) is 13.8 Å². The normalized spacial score (nSPS) is 10.2. The van der Waals surface area contributed by atoms with Crippen LogP contribution in [0.3, 0.4) is 0 Å². The predicted molar refractivity (Wildman–Crippen MR) is 83.5 cm³/mol. The molecule has 0 atom stereocenters. The standard InChI is InChI=1S/C14H17ClN4O2/c1-3-20-9-5-6-12(21-4-2)11(7-9)18-13-10(16)8-17-14(15)19-13/h5-8H,3-4,16H2,1-2H3,(H,17,18,19). The Bertz CT molecular complexity index is 622. The minimum absolute atomic E-state index is 0.116. The quantitative estimate of drug-likeness (QED) is 0.797. The molecule has 0 aliphatic carbocycles. The van der Waals surface area contributed by atoms with E-state index in [4.69, 9.17) is 26.8 Å². The van der Waals surface area contributed by atoms with Crippen molar-refractivity contribution in [2.24, 2.45) is 0 Å². The second-order valence-corrected chi connectivity index (χ2v) is 4.43. The molecule has 6 nitrogen and oxygen atoms in total. The molecule has 0 saturated carbocycles. The van der Waals surface area contributed by atoms with Crippen LogP contribution in [0.25, 0.3) is 0 Å². The first-order valence-corrected chi connectivity index (χ1v) is 6.96. The zero-order valence-corrected chi connectivity index (χ0v) is 12.6.